The molecule has 0 N–H and O–H groups in total. The second kappa shape index (κ2) is 7.95. The fraction of sp³-hybridized carbons (Fsp3) is 0.400. The van der Waals surface area contributed by atoms with Gasteiger partial charge in [-0.05, 0) is 126 Å². The molecule has 1 heterocycles. The summed E-state index contributed by atoms with van der Waals surface area (Å²) in [6.45, 7) is 3.87. The Kier molecular flexibility index (Phi) is 4.95. The first-order valence-corrected chi connectivity index (χ1v) is 12.3. The van der Waals surface area contributed by atoms with Crippen molar-refractivity contribution in [2.45, 2.75) is 71.3 Å². The van der Waals surface area contributed by atoms with Crippen molar-refractivity contribution in [1.82, 2.24) is 0 Å². The molecule has 3 aliphatic rings. The van der Waals surface area contributed by atoms with Gasteiger partial charge in [0, 0.05) is 0 Å². The molecule has 0 saturated heterocycles. The van der Waals surface area contributed by atoms with Gasteiger partial charge in [-0.3, -0.25) is 0 Å². The van der Waals surface area contributed by atoms with Gasteiger partial charge in [-0.15, -0.1) is 0 Å². The third kappa shape index (κ3) is 3.26. The highest BCUT2D eigenvalue weighted by atomic mass is 16.5. The molecule has 0 radical (unpaired) electrons. The summed E-state index contributed by atoms with van der Waals surface area (Å²) in [6.07, 6.45) is 11.2. The summed E-state index contributed by atoms with van der Waals surface area (Å²) in [5, 5.41) is 0. The molecule has 3 aromatic carbocycles. The second-order valence-electron chi connectivity index (χ2n) is 9.66. The monoisotopic (exact) mass is 408 g/mol. The second-order valence-corrected chi connectivity index (χ2v) is 9.66. The van der Waals surface area contributed by atoms with Gasteiger partial charge in [-0.1, -0.05) is 42.5 Å². The Morgan fingerprint density at radius 3 is 2.00 bits per heavy atom. The summed E-state index contributed by atoms with van der Waals surface area (Å²) in [6, 6.07) is 16.5. The maximum Gasteiger partial charge on any atom is 0.0725 e. The summed E-state index contributed by atoms with van der Waals surface area (Å²) in [7, 11) is 0. The number of ether oxygens (including phenoxy) is 1. The van der Waals surface area contributed by atoms with Crippen LogP contribution in [-0.4, -0.2) is 6.61 Å². The lowest BCUT2D eigenvalue weighted by atomic mass is 9.79. The van der Waals surface area contributed by atoms with Crippen LogP contribution in [0.15, 0.2) is 42.5 Å². The van der Waals surface area contributed by atoms with E-state index in [4.69, 9.17) is 4.74 Å². The van der Waals surface area contributed by atoms with E-state index in [9.17, 15) is 0 Å². The molecule has 0 fully saturated rings. The molecule has 0 bridgehead atoms. The molecule has 1 nitrogen and oxygen atoms in total. The molecule has 3 aromatic rings. The van der Waals surface area contributed by atoms with Crippen LogP contribution >= 0.6 is 0 Å². The highest BCUT2D eigenvalue weighted by Gasteiger charge is 2.24. The van der Waals surface area contributed by atoms with Crippen LogP contribution in [0.2, 0.25) is 0 Å². The summed E-state index contributed by atoms with van der Waals surface area (Å²) in [5.74, 6) is 0. The van der Waals surface area contributed by atoms with Crippen molar-refractivity contribution in [1.29, 1.82) is 0 Å². The van der Waals surface area contributed by atoms with Crippen molar-refractivity contribution in [3.63, 3.8) is 0 Å². The Morgan fingerprint density at radius 1 is 0.548 bits per heavy atom. The third-order valence-electron chi connectivity index (χ3n) is 7.92. The lowest BCUT2D eigenvalue weighted by molar-refractivity contribution is 0.111. The van der Waals surface area contributed by atoms with Crippen molar-refractivity contribution >= 4 is 0 Å². The van der Waals surface area contributed by atoms with Crippen LogP contribution < -0.4 is 0 Å². The molecule has 1 heteroatoms. The van der Waals surface area contributed by atoms with Crippen molar-refractivity contribution in [3.05, 3.63) is 81.4 Å². The highest BCUT2D eigenvalue weighted by Crippen LogP contribution is 2.42. The first-order valence-electron chi connectivity index (χ1n) is 12.3. The number of hydrogen-bond donors (Lipinski definition) is 0. The van der Waals surface area contributed by atoms with Gasteiger partial charge in [-0.25, -0.2) is 0 Å². The van der Waals surface area contributed by atoms with E-state index in [0.29, 0.717) is 0 Å². The Bertz CT molecular complexity index is 1150. The fourth-order valence-corrected chi connectivity index (χ4v) is 6.33. The molecule has 0 saturated carbocycles. The summed E-state index contributed by atoms with van der Waals surface area (Å²) >= 11 is 0. The highest BCUT2D eigenvalue weighted by molar-refractivity contribution is 5.81. The van der Waals surface area contributed by atoms with E-state index in [2.05, 4.69) is 49.4 Å². The van der Waals surface area contributed by atoms with Crippen molar-refractivity contribution < 1.29 is 4.74 Å². The zero-order chi connectivity index (χ0) is 20.8. The topological polar surface area (TPSA) is 9.23 Å². The van der Waals surface area contributed by atoms with Gasteiger partial charge in [0.15, 0.2) is 0 Å². The Balaban J connectivity index is 1.54. The van der Waals surface area contributed by atoms with Gasteiger partial charge >= 0.3 is 0 Å². The van der Waals surface area contributed by atoms with Gasteiger partial charge in [0.25, 0.3) is 0 Å². The smallest absolute Gasteiger partial charge is 0.0725 e. The summed E-state index contributed by atoms with van der Waals surface area (Å²) in [4.78, 5) is 0. The van der Waals surface area contributed by atoms with Crippen molar-refractivity contribution in [2.24, 2.45) is 0 Å². The van der Waals surface area contributed by atoms with Gasteiger partial charge in [0.2, 0.25) is 0 Å². The molecule has 1 aliphatic heterocycles. The lowest BCUT2D eigenvalue weighted by Crippen LogP contribution is -2.14. The van der Waals surface area contributed by atoms with Crippen LogP contribution in [-0.2, 0) is 43.4 Å². The van der Waals surface area contributed by atoms with E-state index in [1.54, 1.807) is 22.3 Å². The lowest BCUT2D eigenvalue weighted by Gasteiger charge is -2.28. The SMILES string of the molecule is Cc1ccc(-c2ccc(-c3cccc4c3CCCC4)c3c2CCOC3)c2c1CCCC2. The van der Waals surface area contributed by atoms with E-state index < -0.39 is 0 Å². The summed E-state index contributed by atoms with van der Waals surface area (Å²) < 4.78 is 6.02. The van der Waals surface area contributed by atoms with Crippen LogP contribution in [0.3, 0.4) is 0 Å². The fourth-order valence-electron chi connectivity index (χ4n) is 6.33. The number of hydrogen-bond acceptors (Lipinski definition) is 1. The molecular weight excluding hydrogens is 376 g/mol. The maximum atomic E-state index is 6.02. The molecule has 2 aliphatic carbocycles. The van der Waals surface area contributed by atoms with E-state index in [0.717, 1.165) is 19.6 Å². The van der Waals surface area contributed by atoms with E-state index in [1.807, 2.05) is 0 Å². The molecule has 31 heavy (non-hydrogen) atoms. The number of fused-ring (bicyclic) bond motifs is 3. The van der Waals surface area contributed by atoms with Crippen LogP contribution in [0.4, 0.5) is 0 Å². The van der Waals surface area contributed by atoms with Gasteiger partial charge in [0.1, 0.15) is 0 Å². The number of rotatable bonds is 2. The average Bonchev–Trinajstić information content (AvgIpc) is 2.84. The van der Waals surface area contributed by atoms with Crippen LogP contribution in [0.1, 0.15) is 64.6 Å². The Labute approximate surface area is 186 Å². The van der Waals surface area contributed by atoms with E-state index >= 15 is 0 Å². The zero-order valence-electron chi connectivity index (χ0n) is 18.7. The molecule has 0 unspecified atom stereocenters. The van der Waals surface area contributed by atoms with Crippen molar-refractivity contribution in [3.8, 4) is 22.3 Å². The zero-order valence-corrected chi connectivity index (χ0v) is 18.7. The quantitative estimate of drug-likeness (QED) is 0.437. The molecule has 158 valence electrons. The van der Waals surface area contributed by atoms with Crippen molar-refractivity contribution in [2.75, 3.05) is 6.61 Å². The first kappa shape index (κ1) is 19.3. The largest absolute Gasteiger partial charge is 0.376 e. The molecule has 0 amide bonds. The molecule has 6 rings (SSSR count). The predicted octanol–water partition coefficient (Wildman–Crippen LogP) is 7.16. The third-order valence-corrected chi connectivity index (χ3v) is 7.92. The first-order chi connectivity index (χ1) is 15.3. The number of aryl methyl sites for hydroxylation is 2. The minimum Gasteiger partial charge on any atom is -0.376 e. The van der Waals surface area contributed by atoms with Crippen LogP contribution in [0.25, 0.3) is 22.3 Å². The average molecular weight is 409 g/mol. The minimum absolute atomic E-state index is 0.746. The standard InChI is InChI=1S/C30H32O/c1-20-13-14-26(24-11-5-4-9-22(20)24)27-15-16-28(30-19-31-18-17-29(27)30)25-12-6-8-21-7-2-3-10-23(21)25/h6,8,12-16H,2-5,7,9-11,17-19H2,1H3. The van der Waals surface area contributed by atoms with Gasteiger partial charge < -0.3 is 4.74 Å². The predicted molar refractivity (Wildman–Crippen MR) is 129 cm³/mol. The van der Waals surface area contributed by atoms with Gasteiger partial charge in [-0.2, -0.15) is 0 Å². The Morgan fingerprint density at radius 2 is 1.16 bits per heavy atom. The number of benzene rings is 3. The molecular formula is C30H32O. The molecule has 0 atom stereocenters. The van der Waals surface area contributed by atoms with E-state index in [1.165, 1.54) is 90.3 Å². The van der Waals surface area contributed by atoms with Crippen LogP contribution in [0.5, 0.6) is 0 Å². The molecule has 0 spiro atoms. The maximum absolute atomic E-state index is 6.02. The minimum atomic E-state index is 0.746. The summed E-state index contributed by atoms with van der Waals surface area (Å²) in [5.41, 5.74) is 16.6. The Hall–Kier alpha value is -2.38. The van der Waals surface area contributed by atoms with Crippen LogP contribution in [0, 0.1) is 6.92 Å². The normalized spacial score (nSPS) is 17.6. The van der Waals surface area contributed by atoms with Gasteiger partial charge in [0.05, 0.1) is 13.2 Å². The molecule has 0 aromatic heterocycles. The van der Waals surface area contributed by atoms with E-state index in [-0.39, 0.29) is 0 Å².